The van der Waals surface area contributed by atoms with Crippen LogP contribution in [0.25, 0.3) is 0 Å². The Kier molecular flexibility index (Phi) is 3.63. The average Bonchev–Trinajstić information content (AvgIpc) is 2.05. The van der Waals surface area contributed by atoms with Crippen molar-refractivity contribution in [1.29, 1.82) is 0 Å². The Morgan fingerprint density at radius 1 is 1.50 bits per heavy atom. The maximum absolute atomic E-state index is 4.29. The summed E-state index contributed by atoms with van der Waals surface area (Å²) in [5.41, 5.74) is 1.30. The first kappa shape index (κ1) is 9.62. The van der Waals surface area contributed by atoms with Gasteiger partial charge >= 0.3 is 0 Å². The van der Waals surface area contributed by atoms with Gasteiger partial charge in [-0.1, -0.05) is 19.1 Å². The van der Waals surface area contributed by atoms with Gasteiger partial charge in [-0.3, -0.25) is 0 Å². The highest BCUT2D eigenvalue weighted by molar-refractivity contribution is 7.80. The van der Waals surface area contributed by atoms with Crippen LogP contribution in [0, 0.1) is 0 Å². The molecule has 1 aromatic rings. The molecular formula is C10H15NS. The molecule has 0 heterocycles. The molecule has 0 fully saturated rings. The molecule has 0 aliphatic heterocycles. The average molecular weight is 181 g/mol. The largest absolute Gasteiger partial charge is 0.310 e. The third-order valence-corrected chi connectivity index (χ3v) is 2.16. The molecule has 0 amide bonds. The number of hydrogen-bond acceptors (Lipinski definition) is 2. The number of nitrogens with one attached hydrogen (secondary N) is 1. The van der Waals surface area contributed by atoms with Crippen LogP contribution in [0.5, 0.6) is 0 Å². The Bertz CT molecular complexity index is 247. The lowest BCUT2D eigenvalue weighted by Gasteiger charge is -2.12. The second kappa shape index (κ2) is 4.53. The van der Waals surface area contributed by atoms with Gasteiger partial charge in [0, 0.05) is 10.9 Å². The van der Waals surface area contributed by atoms with Crippen molar-refractivity contribution in [1.82, 2.24) is 5.32 Å². The van der Waals surface area contributed by atoms with E-state index in [0.29, 0.717) is 6.04 Å². The zero-order valence-corrected chi connectivity index (χ0v) is 8.44. The number of rotatable bonds is 3. The molecule has 1 unspecified atom stereocenters. The molecule has 0 bridgehead atoms. The molecule has 0 saturated carbocycles. The number of thiol groups is 1. The minimum atomic E-state index is 0.419. The molecule has 1 aromatic carbocycles. The predicted octanol–water partition coefficient (Wildman–Crippen LogP) is 2.65. The fourth-order valence-electron chi connectivity index (χ4n) is 1.22. The molecule has 1 atom stereocenters. The van der Waals surface area contributed by atoms with Crippen molar-refractivity contribution >= 4 is 12.6 Å². The van der Waals surface area contributed by atoms with E-state index in [2.05, 4.69) is 43.9 Å². The number of benzene rings is 1. The molecule has 0 spiro atoms. The van der Waals surface area contributed by atoms with Crippen LogP contribution in [0.1, 0.15) is 25.5 Å². The first-order valence-corrected chi connectivity index (χ1v) is 4.71. The monoisotopic (exact) mass is 181 g/mol. The summed E-state index contributed by atoms with van der Waals surface area (Å²) in [4.78, 5) is 1.03. The van der Waals surface area contributed by atoms with Crippen molar-refractivity contribution in [2.75, 3.05) is 6.54 Å². The zero-order valence-electron chi connectivity index (χ0n) is 7.54. The van der Waals surface area contributed by atoms with Crippen LogP contribution >= 0.6 is 12.6 Å². The SMILES string of the molecule is CCNC(C)c1cccc(S)c1. The molecule has 2 heteroatoms. The first-order valence-electron chi connectivity index (χ1n) is 4.26. The van der Waals surface area contributed by atoms with Crippen LogP contribution in [0.15, 0.2) is 29.2 Å². The molecule has 0 aliphatic carbocycles. The lowest BCUT2D eigenvalue weighted by molar-refractivity contribution is 0.597. The van der Waals surface area contributed by atoms with Gasteiger partial charge in [0.2, 0.25) is 0 Å². The lowest BCUT2D eigenvalue weighted by atomic mass is 10.1. The van der Waals surface area contributed by atoms with Crippen LogP contribution in [0.2, 0.25) is 0 Å². The van der Waals surface area contributed by atoms with E-state index in [9.17, 15) is 0 Å². The van der Waals surface area contributed by atoms with Crippen molar-refractivity contribution in [3.8, 4) is 0 Å². The van der Waals surface area contributed by atoms with Gasteiger partial charge in [-0.05, 0) is 31.2 Å². The Balaban J connectivity index is 2.73. The van der Waals surface area contributed by atoms with E-state index in [4.69, 9.17) is 0 Å². The smallest absolute Gasteiger partial charge is 0.0292 e. The van der Waals surface area contributed by atoms with Gasteiger partial charge in [-0.15, -0.1) is 12.6 Å². The Hall–Kier alpha value is -0.470. The minimum absolute atomic E-state index is 0.419. The van der Waals surface area contributed by atoms with Crippen molar-refractivity contribution < 1.29 is 0 Å². The van der Waals surface area contributed by atoms with Crippen molar-refractivity contribution in [2.24, 2.45) is 0 Å². The highest BCUT2D eigenvalue weighted by atomic mass is 32.1. The van der Waals surface area contributed by atoms with E-state index in [1.807, 2.05) is 12.1 Å². The van der Waals surface area contributed by atoms with Crippen LogP contribution in [0.3, 0.4) is 0 Å². The van der Waals surface area contributed by atoms with E-state index in [1.54, 1.807) is 0 Å². The van der Waals surface area contributed by atoms with Crippen LogP contribution in [-0.2, 0) is 0 Å². The van der Waals surface area contributed by atoms with Crippen LogP contribution in [0.4, 0.5) is 0 Å². The summed E-state index contributed by atoms with van der Waals surface area (Å²) >= 11 is 4.29. The molecule has 66 valence electrons. The molecule has 1 N–H and O–H groups in total. The lowest BCUT2D eigenvalue weighted by Crippen LogP contribution is -2.17. The molecule has 0 aliphatic rings. The van der Waals surface area contributed by atoms with Gasteiger partial charge in [0.15, 0.2) is 0 Å². The summed E-state index contributed by atoms with van der Waals surface area (Å²) in [7, 11) is 0. The van der Waals surface area contributed by atoms with Crippen molar-refractivity contribution in [3.63, 3.8) is 0 Å². The third kappa shape index (κ3) is 2.54. The molecule has 0 saturated heterocycles. The normalized spacial score (nSPS) is 12.9. The Labute approximate surface area is 79.6 Å². The Morgan fingerprint density at radius 2 is 2.25 bits per heavy atom. The van der Waals surface area contributed by atoms with Crippen molar-refractivity contribution in [2.45, 2.75) is 24.8 Å². The minimum Gasteiger partial charge on any atom is -0.310 e. The van der Waals surface area contributed by atoms with E-state index in [1.165, 1.54) is 5.56 Å². The second-order valence-corrected chi connectivity index (χ2v) is 3.39. The highest BCUT2D eigenvalue weighted by Crippen LogP contribution is 2.15. The molecule has 1 rings (SSSR count). The summed E-state index contributed by atoms with van der Waals surface area (Å²) in [6, 6.07) is 8.65. The quantitative estimate of drug-likeness (QED) is 0.683. The van der Waals surface area contributed by atoms with Gasteiger partial charge in [0.25, 0.3) is 0 Å². The van der Waals surface area contributed by atoms with Crippen molar-refractivity contribution in [3.05, 3.63) is 29.8 Å². The summed E-state index contributed by atoms with van der Waals surface area (Å²) in [6.07, 6.45) is 0. The molecular weight excluding hydrogens is 166 g/mol. The summed E-state index contributed by atoms with van der Waals surface area (Å²) in [5.74, 6) is 0. The summed E-state index contributed by atoms with van der Waals surface area (Å²) in [5, 5.41) is 3.36. The van der Waals surface area contributed by atoms with E-state index in [-0.39, 0.29) is 0 Å². The predicted molar refractivity (Wildman–Crippen MR) is 55.8 cm³/mol. The van der Waals surface area contributed by atoms with E-state index < -0.39 is 0 Å². The maximum atomic E-state index is 4.29. The van der Waals surface area contributed by atoms with Crippen LogP contribution in [-0.4, -0.2) is 6.54 Å². The molecule has 12 heavy (non-hydrogen) atoms. The summed E-state index contributed by atoms with van der Waals surface area (Å²) in [6.45, 7) is 5.27. The maximum Gasteiger partial charge on any atom is 0.0292 e. The molecule has 1 nitrogen and oxygen atoms in total. The fourth-order valence-corrected chi connectivity index (χ4v) is 1.45. The number of hydrogen-bond donors (Lipinski definition) is 2. The van der Waals surface area contributed by atoms with Gasteiger partial charge in [-0.25, -0.2) is 0 Å². The van der Waals surface area contributed by atoms with Gasteiger partial charge < -0.3 is 5.32 Å². The van der Waals surface area contributed by atoms with E-state index in [0.717, 1.165) is 11.4 Å². The first-order chi connectivity index (χ1) is 5.74. The Morgan fingerprint density at radius 3 is 2.83 bits per heavy atom. The van der Waals surface area contributed by atoms with E-state index >= 15 is 0 Å². The fraction of sp³-hybridized carbons (Fsp3) is 0.400. The third-order valence-electron chi connectivity index (χ3n) is 1.88. The van der Waals surface area contributed by atoms with Crippen LogP contribution < -0.4 is 5.32 Å². The standard InChI is InChI=1S/C10H15NS/c1-3-11-8(2)9-5-4-6-10(12)7-9/h4-8,11-12H,3H2,1-2H3. The second-order valence-electron chi connectivity index (χ2n) is 2.87. The highest BCUT2D eigenvalue weighted by Gasteiger charge is 2.01. The molecule has 0 radical (unpaired) electrons. The molecule has 0 aromatic heterocycles. The summed E-state index contributed by atoms with van der Waals surface area (Å²) < 4.78 is 0. The van der Waals surface area contributed by atoms with Gasteiger partial charge in [-0.2, -0.15) is 0 Å². The topological polar surface area (TPSA) is 12.0 Å². The zero-order chi connectivity index (χ0) is 8.97. The van der Waals surface area contributed by atoms with Gasteiger partial charge in [0.1, 0.15) is 0 Å². The van der Waals surface area contributed by atoms with Gasteiger partial charge in [0.05, 0.1) is 0 Å².